The standard InChI is InChI=1S/C4H13O3P.C3H8BNO/c1-3-8(5,6,7)4-2;1-2-5-3(4)6/h5-7H,3-4H2,1-2H3;2,4H2,1H3,(H,5,6). The van der Waals surface area contributed by atoms with Crippen molar-refractivity contribution in [3.8, 4) is 0 Å². The molecule has 0 atom stereocenters. The third kappa shape index (κ3) is 11.8. The van der Waals surface area contributed by atoms with Gasteiger partial charge in [0.05, 0.1) is 0 Å². The van der Waals surface area contributed by atoms with E-state index in [2.05, 4.69) is 5.32 Å². The van der Waals surface area contributed by atoms with Crippen LogP contribution >= 0.6 is 7.28 Å². The molecule has 0 aromatic carbocycles. The minimum absolute atomic E-state index is 0.0394. The van der Waals surface area contributed by atoms with Crippen molar-refractivity contribution in [3.05, 3.63) is 0 Å². The molecule has 5 nitrogen and oxygen atoms in total. The number of carbonyl (C=O) groups excluding carboxylic acids is 1. The first-order chi connectivity index (χ1) is 6.16. The molecule has 4 N–H and O–H groups in total. The van der Waals surface area contributed by atoms with Gasteiger partial charge in [-0.05, 0) is 6.92 Å². The molecule has 0 aromatic heterocycles. The topological polar surface area (TPSA) is 89.8 Å². The summed E-state index contributed by atoms with van der Waals surface area (Å²) in [4.78, 5) is 36.4. The van der Waals surface area contributed by atoms with Crippen molar-refractivity contribution in [1.82, 2.24) is 5.32 Å². The Kier molecular flexibility index (Phi) is 7.39. The Morgan fingerprint density at radius 1 is 1.21 bits per heavy atom. The van der Waals surface area contributed by atoms with Gasteiger partial charge in [0.15, 0.2) is 5.81 Å². The van der Waals surface area contributed by atoms with E-state index in [1.165, 1.54) is 7.85 Å². The maximum atomic E-state index is 9.93. The summed E-state index contributed by atoms with van der Waals surface area (Å²) in [7, 11) is -2.60. The summed E-state index contributed by atoms with van der Waals surface area (Å²) in [6.07, 6.45) is 0.115. The van der Waals surface area contributed by atoms with E-state index in [0.717, 1.165) is 6.54 Å². The second kappa shape index (κ2) is 6.35. The van der Waals surface area contributed by atoms with Crippen LogP contribution in [0.5, 0.6) is 0 Å². The SMILES string of the molecule is BC(=O)NCC.CCP(O)(O)(O)CC. The van der Waals surface area contributed by atoms with Crippen LogP contribution in [0.25, 0.3) is 0 Å². The van der Waals surface area contributed by atoms with Crippen LogP contribution in [0.15, 0.2) is 0 Å². The van der Waals surface area contributed by atoms with Crippen LogP contribution in [-0.4, -0.2) is 47.2 Å². The van der Waals surface area contributed by atoms with Gasteiger partial charge in [-0.25, -0.2) is 0 Å². The number of nitrogens with one attached hydrogen (secondary N) is 1. The zero-order valence-corrected chi connectivity index (χ0v) is 10.2. The molecule has 0 bridgehead atoms. The van der Waals surface area contributed by atoms with Crippen molar-refractivity contribution in [2.75, 3.05) is 18.9 Å². The van der Waals surface area contributed by atoms with Gasteiger partial charge in [0.2, 0.25) is 7.85 Å². The van der Waals surface area contributed by atoms with Crippen molar-refractivity contribution in [3.63, 3.8) is 0 Å². The van der Waals surface area contributed by atoms with Gasteiger partial charge in [0, 0.05) is 6.54 Å². The van der Waals surface area contributed by atoms with Gasteiger partial charge in [-0.2, -0.15) is 0 Å². The number of hydrogen-bond donors (Lipinski definition) is 4. The van der Waals surface area contributed by atoms with E-state index in [-0.39, 0.29) is 18.1 Å². The molecule has 0 aliphatic heterocycles. The predicted molar refractivity (Wildman–Crippen MR) is 62.3 cm³/mol. The molecule has 0 saturated carbocycles. The molecule has 86 valence electrons. The molecule has 0 aromatic rings. The Morgan fingerprint density at radius 3 is 1.57 bits per heavy atom. The summed E-state index contributed by atoms with van der Waals surface area (Å²) in [6.45, 7) is 5.74. The van der Waals surface area contributed by atoms with Gasteiger partial charge in [-0.3, -0.25) is 4.79 Å². The van der Waals surface area contributed by atoms with Gasteiger partial charge in [-0.15, -0.1) is 0 Å². The van der Waals surface area contributed by atoms with E-state index in [1.54, 1.807) is 13.8 Å². The summed E-state index contributed by atoms with van der Waals surface area (Å²) < 4.78 is 0. The Labute approximate surface area is 86.1 Å². The van der Waals surface area contributed by atoms with Crippen LogP contribution in [0, 0.1) is 0 Å². The second-order valence-electron chi connectivity index (χ2n) is 3.06. The molecular formula is C7H21BNO4P. The first-order valence-electron chi connectivity index (χ1n) is 4.66. The monoisotopic (exact) mass is 225 g/mol. The van der Waals surface area contributed by atoms with Crippen LogP contribution in [0.1, 0.15) is 20.8 Å². The molecular weight excluding hydrogens is 204 g/mol. The van der Waals surface area contributed by atoms with E-state index in [1.807, 2.05) is 6.92 Å². The normalized spacial score (nSPS) is 13.1. The van der Waals surface area contributed by atoms with Crippen LogP contribution in [0.3, 0.4) is 0 Å². The van der Waals surface area contributed by atoms with Crippen molar-refractivity contribution < 1.29 is 19.5 Å². The molecule has 0 aliphatic rings. The van der Waals surface area contributed by atoms with Crippen molar-refractivity contribution in [2.24, 2.45) is 0 Å². The molecule has 0 radical (unpaired) electrons. The quantitative estimate of drug-likeness (QED) is 0.390. The molecule has 14 heavy (non-hydrogen) atoms. The predicted octanol–water partition coefficient (Wildman–Crippen LogP) is -0.350. The average Bonchev–Trinajstić information content (AvgIpc) is 2.05. The molecule has 0 heterocycles. The third-order valence-electron chi connectivity index (χ3n) is 1.72. The van der Waals surface area contributed by atoms with Gasteiger partial charge in [0.25, 0.3) is 0 Å². The summed E-state index contributed by atoms with van der Waals surface area (Å²) >= 11 is 0. The maximum absolute atomic E-state index is 9.93. The fraction of sp³-hybridized carbons (Fsp3) is 0.857. The zero-order chi connectivity index (χ0) is 11.9. The molecule has 0 fully saturated rings. The van der Waals surface area contributed by atoms with Crippen LogP contribution in [0.2, 0.25) is 0 Å². The second-order valence-corrected chi connectivity index (χ2v) is 7.01. The number of hydrogen-bond acceptors (Lipinski definition) is 4. The molecule has 0 spiro atoms. The average molecular weight is 225 g/mol. The summed E-state index contributed by atoms with van der Waals surface area (Å²) in [5.74, 6) is 0.0394. The van der Waals surface area contributed by atoms with E-state index < -0.39 is 7.28 Å². The number of amides is 1. The molecule has 1 amide bonds. The van der Waals surface area contributed by atoms with Gasteiger partial charge >= 0.3 is 48.1 Å². The minimum atomic E-state index is -4.10. The summed E-state index contributed by atoms with van der Waals surface area (Å²) in [5.41, 5.74) is 0. The van der Waals surface area contributed by atoms with E-state index in [9.17, 15) is 4.79 Å². The first-order valence-corrected chi connectivity index (χ1v) is 7.13. The van der Waals surface area contributed by atoms with Gasteiger partial charge in [-0.1, -0.05) is 0 Å². The van der Waals surface area contributed by atoms with Crippen LogP contribution < -0.4 is 5.32 Å². The molecule has 0 unspecified atom stereocenters. The van der Waals surface area contributed by atoms with Crippen LogP contribution in [0.4, 0.5) is 4.79 Å². The van der Waals surface area contributed by atoms with E-state index >= 15 is 0 Å². The van der Waals surface area contributed by atoms with Crippen molar-refractivity contribution in [2.45, 2.75) is 20.8 Å². The van der Waals surface area contributed by atoms with E-state index in [4.69, 9.17) is 14.7 Å². The van der Waals surface area contributed by atoms with E-state index in [0.29, 0.717) is 0 Å². The number of rotatable bonds is 3. The Bertz CT molecular complexity index is 172. The third-order valence-corrected chi connectivity index (χ3v) is 4.31. The fourth-order valence-electron chi connectivity index (χ4n) is 0.473. The Balaban J connectivity index is 0. The molecule has 0 rings (SSSR count). The Morgan fingerprint density at radius 2 is 1.57 bits per heavy atom. The van der Waals surface area contributed by atoms with Crippen molar-refractivity contribution >= 4 is 20.9 Å². The fourth-order valence-corrected chi connectivity index (χ4v) is 0.920. The number of carbonyl (C=O) groups is 1. The van der Waals surface area contributed by atoms with Crippen LogP contribution in [-0.2, 0) is 0 Å². The molecule has 0 aliphatic carbocycles. The first kappa shape index (κ1) is 16.3. The zero-order valence-electron chi connectivity index (χ0n) is 9.32. The van der Waals surface area contributed by atoms with Gasteiger partial charge in [0.1, 0.15) is 0 Å². The van der Waals surface area contributed by atoms with Gasteiger partial charge < -0.3 is 5.32 Å². The molecule has 7 heteroatoms. The summed E-state index contributed by atoms with van der Waals surface area (Å²) in [6, 6.07) is 0. The molecule has 0 saturated heterocycles. The van der Waals surface area contributed by atoms with Crippen molar-refractivity contribution in [1.29, 1.82) is 0 Å². The Hall–Kier alpha value is -0.155. The summed E-state index contributed by atoms with van der Waals surface area (Å²) in [5, 5.41) is 2.57.